The first-order chi connectivity index (χ1) is 49.6. The van der Waals surface area contributed by atoms with E-state index in [0.717, 1.165) is 141 Å². The van der Waals surface area contributed by atoms with E-state index in [4.69, 9.17) is 27.6 Å². The predicted octanol–water partition coefficient (Wildman–Crippen LogP) is 15.6. The topological polar surface area (TPSA) is 269 Å². The predicted molar refractivity (Wildman–Crippen MR) is 415 cm³/mol. The summed E-state index contributed by atoms with van der Waals surface area (Å²) in [5.41, 5.74) is 0. The number of phosphoric ester groups is 2. The van der Waals surface area contributed by atoms with Crippen LogP contribution < -0.4 is 90.2 Å². The fourth-order valence-corrected chi connectivity index (χ4v) is 14.5. The fourth-order valence-electron chi connectivity index (χ4n) is 13.1. The zero-order valence-corrected chi connectivity index (χ0v) is 74.3. The summed E-state index contributed by atoms with van der Waals surface area (Å²) in [6, 6.07) is -2.13. The third kappa shape index (κ3) is 74.1. The van der Waals surface area contributed by atoms with Crippen molar-refractivity contribution in [1.82, 2.24) is 21.3 Å². The SMILES string of the molecule is CCCCCCCCCCCCC(=O)NC(CCOP(=O)([O-])OCCNC(=O)NCCOP(=O)([O-])OCCC(NC(=O)CCCCCCCCCCCC)C(CCCCCCCCCC)OC(=O)CCCCCCCCCC)C(CCCCCCCCCC)OC(=O)CCCCCCCCCC.[Na+].[Na+]. The molecule has 0 fully saturated rings. The number of phosphoric acid groups is 2. The molecule has 0 radical (unpaired) electrons. The summed E-state index contributed by atoms with van der Waals surface area (Å²) in [5.74, 6) is -1.01. The second-order valence-electron chi connectivity index (χ2n) is 29.2. The van der Waals surface area contributed by atoms with Crippen molar-refractivity contribution in [3.8, 4) is 0 Å². The molecule has 6 unspecified atom stereocenters. The van der Waals surface area contributed by atoms with Gasteiger partial charge in [0.25, 0.3) is 15.6 Å². The molecule has 0 heterocycles. The molecule has 0 aromatic carbocycles. The average molecular weight is 1540 g/mol. The van der Waals surface area contributed by atoms with Crippen LogP contribution in [-0.4, -0.2) is 93.6 Å². The van der Waals surface area contributed by atoms with E-state index in [2.05, 4.69) is 62.8 Å². The Morgan fingerprint density at radius 3 is 0.750 bits per heavy atom. The molecule has 604 valence electrons. The summed E-state index contributed by atoms with van der Waals surface area (Å²) >= 11 is 0. The number of carbonyl (C=O) groups excluding carboxylic acids is 5. The van der Waals surface area contributed by atoms with Crippen LogP contribution in [0.4, 0.5) is 4.79 Å². The number of carbonyl (C=O) groups is 5. The van der Waals surface area contributed by atoms with Crippen molar-refractivity contribution in [3.05, 3.63) is 0 Å². The standard InChI is InChI=1S/C81H160N4O15P2.2Na/c1-7-13-19-25-31-37-39-43-49-55-61-77(86)84-73(75(59-53-47-41-33-27-21-15-9-3)99-79(88)63-57-51-45-35-29-23-17-11-5)65-69-95-101(91,92)97-71-67-82-81(90)83-68-72-98-102(93,94)96-70-66-74(85-78(87)62-56-50-44-40-38-32-26-20-14-8-2)76(60-54-48-42-34-28-22-16-10-4)100-80(89)64-58-52-46-36-30-24-18-12-6;;/h73-76H,7-72H2,1-6H3,(H,84,86)(H,85,87)(H,91,92)(H,93,94)(H2,82,83,90);;/q;2*+1/p-2. The Hall–Kier alpha value is -0.630. The summed E-state index contributed by atoms with van der Waals surface area (Å²) in [6.45, 7) is 11.1. The Morgan fingerprint density at radius 1 is 0.288 bits per heavy atom. The summed E-state index contributed by atoms with van der Waals surface area (Å²) in [7, 11) is -9.83. The van der Waals surface area contributed by atoms with E-state index in [0.29, 0.717) is 38.5 Å². The number of esters is 2. The van der Waals surface area contributed by atoms with Crippen LogP contribution in [-0.2, 0) is 55.9 Å². The molecule has 0 aliphatic heterocycles. The number of hydrogen-bond acceptors (Lipinski definition) is 15. The van der Waals surface area contributed by atoms with Crippen molar-refractivity contribution >= 4 is 45.4 Å². The number of amides is 4. The van der Waals surface area contributed by atoms with Crippen LogP contribution in [0, 0.1) is 0 Å². The molecule has 19 nitrogen and oxygen atoms in total. The van der Waals surface area contributed by atoms with Gasteiger partial charge in [-0.3, -0.25) is 28.3 Å². The van der Waals surface area contributed by atoms with Crippen LogP contribution in [0.5, 0.6) is 0 Å². The van der Waals surface area contributed by atoms with Gasteiger partial charge in [0.15, 0.2) is 0 Å². The van der Waals surface area contributed by atoms with Crippen molar-refractivity contribution < 1.29 is 130 Å². The summed E-state index contributed by atoms with van der Waals surface area (Å²) in [6.07, 6.45) is 58.3. The molecular formula is C81H158N4Na2O15P2. The van der Waals surface area contributed by atoms with Crippen LogP contribution in [0.2, 0.25) is 0 Å². The maximum atomic E-state index is 13.6. The van der Waals surface area contributed by atoms with Crippen molar-refractivity contribution in [2.24, 2.45) is 0 Å². The molecule has 0 rings (SSSR count). The van der Waals surface area contributed by atoms with Gasteiger partial charge in [-0.1, -0.05) is 337 Å². The van der Waals surface area contributed by atoms with E-state index in [1.165, 1.54) is 180 Å². The van der Waals surface area contributed by atoms with Gasteiger partial charge in [-0.25, -0.2) is 4.79 Å². The molecule has 4 N–H and O–H groups in total. The molecule has 0 aliphatic rings. The molecule has 23 heteroatoms. The van der Waals surface area contributed by atoms with Crippen LogP contribution in [0.3, 0.4) is 0 Å². The maximum absolute atomic E-state index is 13.6. The van der Waals surface area contributed by atoms with E-state index < -0.39 is 59.2 Å². The first-order valence-electron chi connectivity index (χ1n) is 42.8. The minimum absolute atomic E-state index is 0. The zero-order valence-electron chi connectivity index (χ0n) is 68.5. The van der Waals surface area contributed by atoms with E-state index in [9.17, 15) is 42.9 Å². The quantitative estimate of drug-likeness (QED) is 0.0191. The molecule has 4 amide bonds. The van der Waals surface area contributed by atoms with E-state index in [-0.39, 0.29) is 135 Å². The first kappa shape index (κ1) is 108. The van der Waals surface area contributed by atoms with Gasteiger partial charge in [0.05, 0.1) is 38.5 Å². The minimum atomic E-state index is -4.91. The third-order valence-corrected chi connectivity index (χ3v) is 21.4. The number of nitrogens with one attached hydrogen (secondary N) is 4. The van der Waals surface area contributed by atoms with Crippen molar-refractivity contribution in [2.45, 2.75) is 451 Å². The van der Waals surface area contributed by atoms with Crippen molar-refractivity contribution in [2.75, 3.05) is 39.5 Å². The van der Waals surface area contributed by atoms with Gasteiger partial charge in [0.1, 0.15) is 12.2 Å². The second kappa shape index (κ2) is 80.4. The van der Waals surface area contributed by atoms with Crippen molar-refractivity contribution in [3.63, 3.8) is 0 Å². The maximum Gasteiger partial charge on any atom is 1.00 e. The average Bonchev–Trinajstić information content (AvgIpc) is 0.891. The van der Waals surface area contributed by atoms with E-state index in [1.807, 2.05) is 0 Å². The molecule has 0 aliphatic carbocycles. The van der Waals surface area contributed by atoms with Gasteiger partial charge >= 0.3 is 77.1 Å². The van der Waals surface area contributed by atoms with Gasteiger partial charge in [-0.15, -0.1) is 0 Å². The molecule has 104 heavy (non-hydrogen) atoms. The Morgan fingerprint density at radius 2 is 0.500 bits per heavy atom. The normalized spacial score (nSPS) is 13.7. The monoisotopic (exact) mass is 1540 g/mol. The third-order valence-electron chi connectivity index (χ3n) is 19.5. The van der Waals surface area contributed by atoms with E-state index in [1.54, 1.807) is 0 Å². The second-order valence-corrected chi connectivity index (χ2v) is 32.1. The summed E-state index contributed by atoms with van der Waals surface area (Å²) in [5, 5.41) is 11.2. The number of unbranched alkanes of at least 4 members (excludes halogenated alkanes) is 46. The fraction of sp³-hybridized carbons (Fsp3) is 0.938. The molecule has 0 aromatic rings. The zero-order chi connectivity index (χ0) is 74.9. The Labute approximate surface area is 681 Å². The number of ether oxygens (including phenoxy) is 2. The molecule has 0 spiro atoms. The Balaban J connectivity index is -0.0000510. The minimum Gasteiger partial charge on any atom is -0.756 e. The Kier molecular flexibility index (Phi) is 83.2. The van der Waals surface area contributed by atoms with Crippen LogP contribution in [0.15, 0.2) is 0 Å². The van der Waals surface area contributed by atoms with Gasteiger partial charge in [0, 0.05) is 38.8 Å². The molecule has 0 aromatic heterocycles. The van der Waals surface area contributed by atoms with Crippen LogP contribution >= 0.6 is 15.6 Å². The molecular weight excluding hydrogens is 1380 g/mol. The number of rotatable bonds is 80. The molecule has 0 saturated heterocycles. The van der Waals surface area contributed by atoms with Crippen LogP contribution in [0.25, 0.3) is 0 Å². The van der Waals surface area contributed by atoms with Gasteiger partial charge in [-0.05, 0) is 64.2 Å². The first-order valence-corrected chi connectivity index (χ1v) is 45.7. The smallest absolute Gasteiger partial charge is 0.756 e. The van der Waals surface area contributed by atoms with Crippen LogP contribution in [0.1, 0.15) is 427 Å². The van der Waals surface area contributed by atoms with Gasteiger partial charge in [-0.2, -0.15) is 0 Å². The number of urea groups is 1. The largest absolute Gasteiger partial charge is 1.00 e. The molecule has 0 saturated carbocycles. The number of hydrogen-bond donors (Lipinski definition) is 4. The van der Waals surface area contributed by atoms with E-state index >= 15 is 0 Å². The van der Waals surface area contributed by atoms with Gasteiger partial charge in [0.2, 0.25) is 11.8 Å². The Bertz CT molecular complexity index is 1910. The van der Waals surface area contributed by atoms with Gasteiger partial charge < -0.3 is 58.6 Å². The summed E-state index contributed by atoms with van der Waals surface area (Å²) in [4.78, 5) is 93.1. The molecule has 6 atom stereocenters. The molecule has 0 bridgehead atoms. The summed E-state index contributed by atoms with van der Waals surface area (Å²) < 4.78 is 59.5. The van der Waals surface area contributed by atoms with Crippen molar-refractivity contribution in [1.29, 1.82) is 0 Å².